The normalized spacial score (nSPS) is 49.0. The highest BCUT2D eigenvalue weighted by Gasteiger charge is 2.76. The van der Waals surface area contributed by atoms with Gasteiger partial charge in [-0.2, -0.15) is 0 Å². The Morgan fingerprint density at radius 3 is 1.71 bits per heavy atom. The molecule has 12 N–H and O–H groups in total. The van der Waals surface area contributed by atoms with Crippen LogP contribution in [-0.4, -0.2) is 216 Å². The first-order chi connectivity index (χ1) is 37.3. The van der Waals surface area contributed by atoms with Gasteiger partial charge in [-0.05, 0) is 100 Å². The van der Waals surface area contributed by atoms with E-state index in [-0.39, 0.29) is 23.8 Å². The van der Waals surface area contributed by atoms with Gasteiger partial charge in [-0.1, -0.05) is 72.3 Å². The van der Waals surface area contributed by atoms with Crippen molar-refractivity contribution < 1.29 is 114 Å². The minimum Gasteiger partial charge on any atom is -0.479 e. The monoisotopic (exact) mass is 1140 g/mol. The average Bonchev–Trinajstić information content (AvgIpc) is 3.72. The van der Waals surface area contributed by atoms with E-state index in [1.807, 2.05) is 34.6 Å². The highest BCUT2D eigenvalue weighted by Crippen LogP contribution is 2.76. The minimum absolute atomic E-state index is 0.153. The first-order valence-corrected chi connectivity index (χ1v) is 28.1. The zero-order valence-electron chi connectivity index (χ0n) is 47.7. The molecule has 454 valence electrons. The summed E-state index contributed by atoms with van der Waals surface area (Å²) in [4.78, 5) is 40.3. The molecule has 3 saturated heterocycles. The lowest BCUT2D eigenvalue weighted by atomic mass is 9.32. The van der Waals surface area contributed by atoms with Crippen LogP contribution in [0.4, 0.5) is 0 Å². The third-order valence-corrected chi connectivity index (χ3v) is 21.4. The second-order valence-corrected chi connectivity index (χ2v) is 26.0. The lowest BCUT2D eigenvalue weighted by molar-refractivity contribution is -0.386. The molecule has 3 heterocycles. The zero-order valence-corrected chi connectivity index (χ0v) is 47.7. The van der Waals surface area contributed by atoms with Crippen LogP contribution >= 0.6 is 0 Å². The predicted octanol–water partition coefficient (Wildman–Crippen LogP) is 0.263. The maximum atomic E-state index is 13.9. The maximum absolute atomic E-state index is 13.9. The molecule has 23 nitrogen and oxygen atoms in total. The third kappa shape index (κ3) is 9.76. The van der Waals surface area contributed by atoms with Crippen molar-refractivity contribution in [2.24, 2.45) is 50.2 Å². The van der Waals surface area contributed by atoms with Gasteiger partial charge in [-0.15, -0.1) is 0 Å². The minimum atomic E-state index is -2.13. The summed E-state index contributed by atoms with van der Waals surface area (Å²) in [5.41, 5.74) is -4.40. The first kappa shape index (κ1) is 63.0. The van der Waals surface area contributed by atoms with Crippen molar-refractivity contribution in [3.05, 3.63) is 34.9 Å². The number of allylic oxidation sites excluding steroid dienone is 3. The molecule has 80 heavy (non-hydrogen) atoms. The summed E-state index contributed by atoms with van der Waals surface area (Å²) in [6, 6.07) is 0. The number of rotatable bonds is 14. The number of carboxylic acid groups (broad SMARTS) is 1. The Hall–Kier alpha value is -3.05. The summed E-state index contributed by atoms with van der Waals surface area (Å²) in [7, 11) is 0. The van der Waals surface area contributed by atoms with Gasteiger partial charge in [-0.25, -0.2) is 14.4 Å². The van der Waals surface area contributed by atoms with Gasteiger partial charge < -0.3 is 99.2 Å². The molecule has 0 aromatic heterocycles. The Balaban J connectivity index is 1.14. The number of hydrogen-bond donors (Lipinski definition) is 12. The molecule has 26 atom stereocenters. The van der Waals surface area contributed by atoms with Gasteiger partial charge in [0.15, 0.2) is 31.1 Å². The van der Waals surface area contributed by atoms with Crippen LogP contribution in [0.25, 0.3) is 0 Å². The smallest absolute Gasteiger partial charge is 0.335 e. The first-order valence-electron chi connectivity index (χ1n) is 28.1. The fourth-order valence-corrected chi connectivity index (χ4v) is 16.2. The SMILES string of the molecule is C/C=C(/C)C(=O)O[C@H]1[C@H](OC(=O)/C(C)=C\C)C2(CO)C(CC1(C)C)C1=CCC3[C@@]4(C)CC[C@H](OC5OC(C(=O)O)C(O)C(OC6OC(CO)C(O)C6O)C5OC5OC(CO)C(O)C(O)C5O)C(C)(C)C4CC[C@@]3(C)[C@]1(C)[C@@H](O)[C@H]2O. The van der Waals surface area contributed by atoms with E-state index in [1.165, 1.54) is 0 Å². The Labute approximate surface area is 466 Å². The molecule has 0 bridgehead atoms. The van der Waals surface area contributed by atoms with Gasteiger partial charge in [-0.3, -0.25) is 0 Å². The van der Waals surface area contributed by atoms with Gasteiger partial charge in [0, 0.05) is 22.0 Å². The molecule has 0 amide bonds. The summed E-state index contributed by atoms with van der Waals surface area (Å²) in [6.07, 6.45) is -24.0. The molecular formula is C57H88O23. The van der Waals surface area contributed by atoms with Crippen LogP contribution in [0, 0.1) is 50.2 Å². The number of aliphatic hydroxyl groups excluding tert-OH is 11. The highest BCUT2D eigenvalue weighted by atomic mass is 16.8. The number of fused-ring (bicyclic) bond motifs is 7. The number of aliphatic hydroxyl groups is 11. The summed E-state index contributed by atoms with van der Waals surface area (Å²) < 4.78 is 49.0. The third-order valence-electron chi connectivity index (χ3n) is 21.4. The van der Waals surface area contributed by atoms with E-state index in [1.54, 1.807) is 39.8 Å². The fourth-order valence-electron chi connectivity index (χ4n) is 16.2. The number of ether oxygens (including phenoxy) is 8. The van der Waals surface area contributed by atoms with Crippen LogP contribution in [-0.2, 0) is 52.3 Å². The average molecular weight is 1140 g/mol. The summed E-state index contributed by atoms with van der Waals surface area (Å²) in [6.45, 7) is 18.4. The van der Waals surface area contributed by atoms with Crippen LogP contribution in [0.5, 0.6) is 0 Å². The predicted molar refractivity (Wildman–Crippen MR) is 277 cm³/mol. The summed E-state index contributed by atoms with van der Waals surface area (Å²) >= 11 is 0. The van der Waals surface area contributed by atoms with Crippen molar-refractivity contribution in [2.45, 2.75) is 231 Å². The summed E-state index contributed by atoms with van der Waals surface area (Å²) in [5, 5.41) is 134. The van der Waals surface area contributed by atoms with Gasteiger partial charge in [0.2, 0.25) is 0 Å². The van der Waals surface area contributed by atoms with Crippen molar-refractivity contribution in [1.82, 2.24) is 0 Å². The van der Waals surface area contributed by atoms with Crippen molar-refractivity contribution >= 4 is 17.9 Å². The molecule has 5 aliphatic carbocycles. The Bertz CT molecular complexity index is 2390. The molecular weight excluding hydrogens is 1050 g/mol. The van der Waals surface area contributed by atoms with Crippen molar-refractivity contribution in [3.8, 4) is 0 Å². The van der Waals surface area contributed by atoms with Gasteiger partial charge in [0.1, 0.15) is 67.1 Å². The number of carbonyl (C=O) groups is 3. The van der Waals surface area contributed by atoms with Crippen molar-refractivity contribution in [2.75, 3.05) is 19.8 Å². The molecule has 4 saturated carbocycles. The topological polar surface area (TPSA) is 368 Å². The van der Waals surface area contributed by atoms with Gasteiger partial charge in [0.25, 0.3) is 0 Å². The fraction of sp³-hybridized carbons (Fsp3) is 0.842. The molecule has 3 aliphatic heterocycles. The quantitative estimate of drug-likeness (QED) is 0.0480. The van der Waals surface area contributed by atoms with Crippen molar-refractivity contribution in [3.63, 3.8) is 0 Å². The van der Waals surface area contributed by atoms with E-state index in [9.17, 15) is 75.7 Å². The molecule has 0 aromatic rings. The van der Waals surface area contributed by atoms with Crippen molar-refractivity contribution in [1.29, 1.82) is 0 Å². The van der Waals surface area contributed by atoms with E-state index in [2.05, 4.69) is 19.9 Å². The van der Waals surface area contributed by atoms with Crippen LogP contribution in [0.15, 0.2) is 34.9 Å². The van der Waals surface area contributed by atoms with E-state index in [0.717, 1.165) is 5.57 Å². The van der Waals surface area contributed by atoms with Crippen LogP contribution in [0.3, 0.4) is 0 Å². The van der Waals surface area contributed by atoms with E-state index in [0.29, 0.717) is 37.7 Å². The highest BCUT2D eigenvalue weighted by molar-refractivity contribution is 5.89. The zero-order chi connectivity index (χ0) is 59.3. The lowest BCUT2D eigenvalue weighted by Crippen LogP contribution is -2.76. The molecule has 8 rings (SSSR count). The maximum Gasteiger partial charge on any atom is 0.335 e. The lowest BCUT2D eigenvalue weighted by Gasteiger charge is -2.73. The largest absolute Gasteiger partial charge is 0.479 e. The van der Waals surface area contributed by atoms with Crippen LogP contribution in [0.1, 0.15) is 115 Å². The molecule has 8 aliphatic rings. The summed E-state index contributed by atoms with van der Waals surface area (Å²) in [5.74, 6) is -4.01. The van der Waals surface area contributed by atoms with Crippen LogP contribution < -0.4 is 0 Å². The van der Waals surface area contributed by atoms with E-state index >= 15 is 0 Å². The Morgan fingerprint density at radius 2 is 1.18 bits per heavy atom. The number of carbonyl (C=O) groups excluding carboxylic acids is 2. The molecule has 18 unspecified atom stereocenters. The number of carboxylic acids is 1. The number of aliphatic carboxylic acids is 1. The second-order valence-electron chi connectivity index (χ2n) is 26.0. The Kier molecular flexibility index (Phi) is 17.9. The van der Waals surface area contributed by atoms with E-state index < -0.39 is 193 Å². The van der Waals surface area contributed by atoms with Gasteiger partial charge in [0.05, 0.1) is 43.5 Å². The molecule has 23 heteroatoms. The van der Waals surface area contributed by atoms with E-state index in [4.69, 9.17) is 37.9 Å². The standard InChI is InChI=1S/C57H88O23/c1-12-24(3)47(71)79-44-45(80-48(72)25(4)13-2)57(23-60)27(20-52(44,5)6)26-14-15-31-54(9)18-17-32(53(7,8)30(54)16-19-55(31,10)56(26,11)42(67)43(57)68)75-51-41(78-50-37(65)35(63)33(61)28(21-58)73-50)39(38(66)40(77-51)46(69)70)76-49-36(64)34(62)29(22-59)74-49/h12-14,27-45,49-51,58-68H,15-23H2,1-11H3,(H,69,70)/b24-12-,25-13-/t27?,28?,29?,30?,31?,32-,33?,34?,35?,36?,37?,38?,39?,40?,41?,42-,43+,44-,45-,49?,50?,51?,54-,55+,56-,57?/m0/s1. The molecule has 0 aromatic carbocycles. The van der Waals surface area contributed by atoms with Crippen LogP contribution in [0.2, 0.25) is 0 Å². The number of esters is 2. The number of hydrogen-bond acceptors (Lipinski definition) is 22. The molecule has 7 fully saturated rings. The van der Waals surface area contributed by atoms with Gasteiger partial charge >= 0.3 is 17.9 Å². The Morgan fingerprint density at radius 1 is 0.637 bits per heavy atom. The molecule has 0 radical (unpaired) electrons. The molecule has 0 spiro atoms. The second kappa shape index (κ2) is 22.7.